The molecule has 3 aromatic carbocycles. The zero-order valence-corrected chi connectivity index (χ0v) is 18.3. The molecule has 7 heteroatoms. The van der Waals surface area contributed by atoms with E-state index < -0.39 is 5.76 Å². The van der Waals surface area contributed by atoms with Gasteiger partial charge in [-0.3, -0.25) is 14.3 Å². The van der Waals surface area contributed by atoms with Crippen LogP contribution in [0.4, 0.5) is 5.69 Å². The molecule has 5 rings (SSSR count). The van der Waals surface area contributed by atoms with E-state index in [-0.39, 0.29) is 5.91 Å². The second-order valence-corrected chi connectivity index (χ2v) is 8.08. The Morgan fingerprint density at radius 1 is 1.03 bits per heavy atom. The number of rotatable bonds is 5. The number of hydrogen-bond donors (Lipinski definition) is 2. The lowest BCUT2D eigenvalue weighted by Crippen LogP contribution is -2.13. The minimum absolute atomic E-state index is 0.121. The van der Waals surface area contributed by atoms with Gasteiger partial charge in [-0.15, -0.1) is 0 Å². The van der Waals surface area contributed by atoms with E-state index in [1.165, 1.54) is 0 Å². The number of aromatic amines is 1. The van der Waals surface area contributed by atoms with E-state index in [1.54, 1.807) is 0 Å². The van der Waals surface area contributed by atoms with Crippen LogP contribution in [0.5, 0.6) is 0 Å². The topological polar surface area (TPSA) is 92.9 Å². The summed E-state index contributed by atoms with van der Waals surface area (Å²) < 4.78 is 6.73. The van der Waals surface area contributed by atoms with Crippen LogP contribution in [0.25, 0.3) is 22.3 Å². The van der Waals surface area contributed by atoms with Crippen molar-refractivity contribution in [2.24, 2.45) is 0 Å². The van der Waals surface area contributed by atoms with Crippen molar-refractivity contribution in [1.29, 1.82) is 0 Å². The first-order valence-corrected chi connectivity index (χ1v) is 10.6. The summed E-state index contributed by atoms with van der Waals surface area (Å²) in [7, 11) is 0. The number of hydrogen-bond acceptors (Lipinski definition) is 4. The number of para-hydroxylation sites is 1. The van der Waals surface area contributed by atoms with Gasteiger partial charge in [-0.1, -0.05) is 35.5 Å². The highest BCUT2D eigenvalue weighted by Crippen LogP contribution is 2.24. The highest BCUT2D eigenvalue weighted by molar-refractivity contribution is 6.05. The predicted octanol–water partition coefficient (Wildman–Crippen LogP) is 4.90. The van der Waals surface area contributed by atoms with Gasteiger partial charge in [0.05, 0.1) is 0 Å². The number of carbonyl (C=O) groups is 1. The van der Waals surface area contributed by atoms with Crippen molar-refractivity contribution in [2.75, 3.05) is 5.32 Å². The molecule has 164 valence electrons. The predicted molar refractivity (Wildman–Crippen MR) is 127 cm³/mol. The number of amides is 1. The van der Waals surface area contributed by atoms with Crippen LogP contribution < -0.4 is 11.1 Å². The Balaban J connectivity index is 1.33. The number of nitrogens with zero attached hydrogens (tertiary/aromatic N) is 2. The third-order valence-corrected chi connectivity index (χ3v) is 5.77. The summed E-state index contributed by atoms with van der Waals surface area (Å²) in [6.45, 7) is 4.64. The molecule has 0 saturated heterocycles. The fraction of sp³-hybridized carbons (Fsp3) is 0.115. The summed E-state index contributed by atoms with van der Waals surface area (Å²) in [5.41, 5.74) is 6.48. The van der Waals surface area contributed by atoms with Crippen molar-refractivity contribution in [2.45, 2.75) is 20.4 Å². The minimum Gasteiger partial charge on any atom is -0.343 e. The number of carbonyl (C=O) groups excluding carboxylic acids is 1. The average Bonchev–Trinajstić information content (AvgIpc) is 3.42. The molecule has 5 aromatic rings. The van der Waals surface area contributed by atoms with E-state index in [2.05, 4.69) is 24.5 Å². The van der Waals surface area contributed by atoms with E-state index in [0.717, 1.165) is 38.8 Å². The van der Waals surface area contributed by atoms with Gasteiger partial charge in [0.25, 0.3) is 5.91 Å². The summed E-state index contributed by atoms with van der Waals surface area (Å²) in [5, 5.41) is 7.80. The van der Waals surface area contributed by atoms with Crippen LogP contribution in [-0.2, 0) is 6.54 Å². The molecule has 0 unspecified atom stereocenters. The SMILES string of the molecule is Cc1cccc(C)c1NC(=O)c1ccc(Cn2ccc3cc(-c4noc(=O)[nH]4)ccc32)cc1. The van der Waals surface area contributed by atoms with E-state index in [1.807, 2.05) is 86.8 Å². The zero-order chi connectivity index (χ0) is 22.9. The Kier molecular flexibility index (Phi) is 5.14. The molecule has 0 bridgehead atoms. The second kappa shape index (κ2) is 8.27. The van der Waals surface area contributed by atoms with Gasteiger partial charge in [0.2, 0.25) is 0 Å². The van der Waals surface area contributed by atoms with Crippen LogP contribution in [0.3, 0.4) is 0 Å². The molecule has 0 spiro atoms. The number of H-pyrrole nitrogens is 1. The van der Waals surface area contributed by atoms with Crippen molar-refractivity contribution in [3.8, 4) is 11.4 Å². The molecule has 2 heterocycles. The number of nitrogens with one attached hydrogen (secondary N) is 2. The lowest BCUT2D eigenvalue weighted by atomic mass is 10.1. The molecule has 0 aliphatic heterocycles. The summed E-state index contributed by atoms with van der Waals surface area (Å²) in [4.78, 5) is 26.5. The number of anilines is 1. The van der Waals surface area contributed by atoms with Crippen LogP contribution >= 0.6 is 0 Å². The number of benzene rings is 3. The Hall–Kier alpha value is -4.39. The fourth-order valence-corrected chi connectivity index (χ4v) is 4.00. The van der Waals surface area contributed by atoms with Crippen LogP contribution in [0, 0.1) is 13.8 Å². The quantitative estimate of drug-likeness (QED) is 0.408. The van der Waals surface area contributed by atoms with Gasteiger partial charge in [0, 0.05) is 40.5 Å². The first kappa shape index (κ1) is 20.5. The van der Waals surface area contributed by atoms with Gasteiger partial charge in [-0.05, 0) is 66.9 Å². The van der Waals surface area contributed by atoms with Crippen LogP contribution in [0.2, 0.25) is 0 Å². The van der Waals surface area contributed by atoms with Gasteiger partial charge in [-0.25, -0.2) is 4.79 Å². The van der Waals surface area contributed by atoms with E-state index in [4.69, 9.17) is 0 Å². The first-order chi connectivity index (χ1) is 16.0. The number of aryl methyl sites for hydroxylation is 2. The molecule has 0 atom stereocenters. The Labute approximate surface area is 189 Å². The Morgan fingerprint density at radius 2 is 1.79 bits per heavy atom. The molecular weight excluding hydrogens is 416 g/mol. The second-order valence-electron chi connectivity index (χ2n) is 8.08. The molecule has 0 radical (unpaired) electrons. The molecule has 33 heavy (non-hydrogen) atoms. The normalized spacial score (nSPS) is 11.1. The van der Waals surface area contributed by atoms with Gasteiger partial charge in [0.1, 0.15) is 0 Å². The maximum absolute atomic E-state index is 12.7. The van der Waals surface area contributed by atoms with Crippen molar-refractivity contribution in [1.82, 2.24) is 14.7 Å². The maximum atomic E-state index is 12.7. The zero-order valence-electron chi connectivity index (χ0n) is 18.3. The first-order valence-electron chi connectivity index (χ1n) is 10.6. The molecular formula is C26H22N4O3. The molecule has 7 nitrogen and oxygen atoms in total. The lowest BCUT2D eigenvalue weighted by molar-refractivity contribution is 0.102. The van der Waals surface area contributed by atoms with Crippen molar-refractivity contribution < 1.29 is 9.32 Å². The third kappa shape index (κ3) is 4.08. The Morgan fingerprint density at radius 3 is 2.48 bits per heavy atom. The summed E-state index contributed by atoms with van der Waals surface area (Å²) in [6, 6.07) is 21.5. The number of aromatic nitrogens is 3. The molecule has 0 aliphatic rings. The van der Waals surface area contributed by atoms with Gasteiger partial charge < -0.3 is 9.88 Å². The highest BCUT2D eigenvalue weighted by atomic mass is 16.5. The van der Waals surface area contributed by atoms with E-state index >= 15 is 0 Å². The van der Waals surface area contributed by atoms with Crippen LogP contribution in [0.1, 0.15) is 27.0 Å². The molecule has 2 N–H and O–H groups in total. The van der Waals surface area contributed by atoms with Crippen LogP contribution in [-0.4, -0.2) is 20.6 Å². The Bertz CT molecular complexity index is 1500. The summed E-state index contributed by atoms with van der Waals surface area (Å²) in [5.74, 6) is -0.290. The molecule has 2 aromatic heterocycles. The highest BCUT2D eigenvalue weighted by Gasteiger charge is 2.11. The van der Waals surface area contributed by atoms with E-state index in [9.17, 15) is 9.59 Å². The van der Waals surface area contributed by atoms with Crippen LogP contribution in [0.15, 0.2) is 82.2 Å². The molecule has 0 aliphatic carbocycles. The summed E-state index contributed by atoms with van der Waals surface area (Å²) >= 11 is 0. The fourth-order valence-electron chi connectivity index (χ4n) is 4.00. The van der Waals surface area contributed by atoms with Crippen molar-refractivity contribution in [3.05, 3.63) is 106 Å². The van der Waals surface area contributed by atoms with Gasteiger partial charge in [-0.2, -0.15) is 0 Å². The van der Waals surface area contributed by atoms with E-state index in [0.29, 0.717) is 17.9 Å². The van der Waals surface area contributed by atoms with Crippen molar-refractivity contribution in [3.63, 3.8) is 0 Å². The standard InChI is InChI=1S/C26H22N4O3/c1-16-4-3-5-17(2)23(16)27-25(31)19-8-6-18(7-9-19)15-30-13-12-20-14-21(10-11-22(20)30)24-28-26(32)33-29-24/h3-14H,15H2,1-2H3,(H,27,31)(H,28,29,32). The summed E-state index contributed by atoms with van der Waals surface area (Å²) in [6.07, 6.45) is 2.02. The number of fused-ring (bicyclic) bond motifs is 1. The monoisotopic (exact) mass is 438 g/mol. The average molecular weight is 438 g/mol. The third-order valence-electron chi connectivity index (χ3n) is 5.77. The maximum Gasteiger partial charge on any atom is 0.439 e. The lowest BCUT2D eigenvalue weighted by Gasteiger charge is -2.12. The minimum atomic E-state index is -0.575. The molecule has 1 amide bonds. The molecule has 0 fully saturated rings. The van der Waals surface area contributed by atoms with Crippen molar-refractivity contribution >= 4 is 22.5 Å². The largest absolute Gasteiger partial charge is 0.439 e. The molecule has 0 saturated carbocycles. The van der Waals surface area contributed by atoms with Gasteiger partial charge in [0.15, 0.2) is 5.82 Å². The van der Waals surface area contributed by atoms with Gasteiger partial charge >= 0.3 is 5.76 Å². The smallest absolute Gasteiger partial charge is 0.343 e.